The first kappa shape index (κ1) is 19.0. The van der Waals surface area contributed by atoms with Gasteiger partial charge in [-0.3, -0.25) is 4.79 Å². The number of amides is 1. The van der Waals surface area contributed by atoms with Crippen LogP contribution in [0, 0.1) is 0 Å². The van der Waals surface area contributed by atoms with Crippen molar-refractivity contribution >= 4 is 29.2 Å². The van der Waals surface area contributed by atoms with E-state index in [4.69, 9.17) is 16.3 Å². The number of benzene rings is 2. The van der Waals surface area contributed by atoms with E-state index in [1.165, 1.54) is 0 Å². The standard InChI is InChI=1S/C19H21ClN2O3/c1-2-25-19(24)16-5-3-4-6-17(16)22-18(23)11-12-21-13-14-7-9-15(20)10-8-14/h3-10,21H,2,11-13H2,1H3,(H,22,23). The number of hydrogen-bond acceptors (Lipinski definition) is 4. The Hall–Kier alpha value is -2.37. The van der Waals surface area contributed by atoms with Gasteiger partial charge in [0.15, 0.2) is 0 Å². The molecule has 25 heavy (non-hydrogen) atoms. The van der Waals surface area contributed by atoms with Crippen LogP contribution in [0.4, 0.5) is 5.69 Å². The Morgan fingerprint density at radius 2 is 1.80 bits per heavy atom. The quantitative estimate of drug-likeness (QED) is 0.557. The van der Waals surface area contributed by atoms with Gasteiger partial charge in [0.05, 0.1) is 17.9 Å². The Labute approximate surface area is 152 Å². The zero-order chi connectivity index (χ0) is 18.1. The monoisotopic (exact) mass is 360 g/mol. The van der Waals surface area contributed by atoms with Crippen molar-refractivity contribution in [3.05, 3.63) is 64.7 Å². The molecule has 2 aromatic rings. The van der Waals surface area contributed by atoms with E-state index in [-0.39, 0.29) is 12.5 Å². The molecule has 0 saturated heterocycles. The Balaban J connectivity index is 1.80. The molecule has 5 nitrogen and oxygen atoms in total. The predicted octanol–water partition coefficient (Wildman–Crippen LogP) is 3.64. The molecule has 0 aliphatic carbocycles. The zero-order valence-electron chi connectivity index (χ0n) is 14.0. The van der Waals surface area contributed by atoms with Crippen LogP contribution in [0.15, 0.2) is 48.5 Å². The van der Waals surface area contributed by atoms with Crippen molar-refractivity contribution in [1.82, 2.24) is 5.32 Å². The van der Waals surface area contributed by atoms with Gasteiger partial charge in [0.2, 0.25) is 5.91 Å². The number of rotatable bonds is 8. The molecule has 2 rings (SSSR count). The minimum Gasteiger partial charge on any atom is -0.462 e. The van der Waals surface area contributed by atoms with Crippen LogP contribution in [0.25, 0.3) is 0 Å². The normalized spacial score (nSPS) is 10.3. The summed E-state index contributed by atoms with van der Waals surface area (Å²) in [6, 6.07) is 14.3. The molecule has 2 N–H and O–H groups in total. The summed E-state index contributed by atoms with van der Waals surface area (Å²) in [4.78, 5) is 24.0. The number of carbonyl (C=O) groups is 2. The van der Waals surface area contributed by atoms with E-state index >= 15 is 0 Å². The van der Waals surface area contributed by atoms with Crippen molar-refractivity contribution in [3.8, 4) is 0 Å². The van der Waals surface area contributed by atoms with E-state index in [1.807, 2.05) is 24.3 Å². The van der Waals surface area contributed by atoms with Crippen LogP contribution in [0.2, 0.25) is 5.02 Å². The molecule has 2 aromatic carbocycles. The maximum Gasteiger partial charge on any atom is 0.340 e. The molecule has 0 aliphatic heterocycles. The number of halogens is 1. The Morgan fingerprint density at radius 1 is 1.08 bits per heavy atom. The fourth-order valence-corrected chi connectivity index (χ4v) is 2.35. The minimum absolute atomic E-state index is 0.166. The van der Waals surface area contributed by atoms with Gasteiger partial charge < -0.3 is 15.4 Å². The summed E-state index contributed by atoms with van der Waals surface area (Å²) in [5.41, 5.74) is 1.91. The van der Waals surface area contributed by atoms with Gasteiger partial charge >= 0.3 is 5.97 Å². The van der Waals surface area contributed by atoms with E-state index in [9.17, 15) is 9.59 Å². The number of anilines is 1. The third kappa shape index (κ3) is 6.21. The Kier molecular flexibility index (Phi) is 7.44. The fourth-order valence-electron chi connectivity index (χ4n) is 2.23. The molecule has 6 heteroatoms. The summed E-state index contributed by atoms with van der Waals surface area (Å²) < 4.78 is 4.99. The number of esters is 1. The lowest BCUT2D eigenvalue weighted by molar-refractivity contribution is -0.116. The SMILES string of the molecule is CCOC(=O)c1ccccc1NC(=O)CCNCc1ccc(Cl)cc1. The average molecular weight is 361 g/mol. The van der Waals surface area contributed by atoms with Gasteiger partial charge in [-0.25, -0.2) is 4.79 Å². The number of para-hydroxylation sites is 1. The van der Waals surface area contributed by atoms with Gasteiger partial charge in [0, 0.05) is 24.5 Å². The number of nitrogens with one attached hydrogen (secondary N) is 2. The maximum absolute atomic E-state index is 12.1. The number of hydrogen-bond donors (Lipinski definition) is 2. The summed E-state index contributed by atoms with van der Waals surface area (Å²) in [7, 11) is 0. The van der Waals surface area contributed by atoms with Crippen LogP contribution < -0.4 is 10.6 Å². The van der Waals surface area contributed by atoms with Crippen molar-refractivity contribution in [2.45, 2.75) is 19.9 Å². The maximum atomic E-state index is 12.1. The highest BCUT2D eigenvalue weighted by molar-refractivity contribution is 6.30. The molecule has 0 spiro atoms. The summed E-state index contributed by atoms with van der Waals surface area (Å²) in [5, 5.41) is 6.66. The highest BCUT2D eigenvalue weighted by Gasteiger charge is 2.13. The number of ether oxygens (including phenoxy) is 1. The minimum atomic E-state index is -0.445. The summed E-state index contributed by atoms with van der Waals surface area (Å²) in [6.45, 7) is 3.21. The second-order valence-electron chi connectivity index (χ2n) is 5.37. The van der Waals surface area contributed by atoms with Gasteiger partial charge in [0.1, 0.15) is 0 Å². The molecule has 0 aliphatic rings. The molecule has 0 fully saturated rings. The highest BCUT2D eigenvalue weighted by Crippen LogP contribution is 2.16. The molecule has 0 unspecified atom stereocenters. The lowest BCUT2D eigenvalue weighted by Crippen LogP contribution is -2.22. The molecule has 132 valence electrons. The number of carbonyl (C=O) groups excluding carboxylic acids is 2. The average Bonchev–Trinajstić information content (AvgIpc) is 2.61. The predicted molar refractivity (Wildman–Crippen MR) is 98.8 cm³/mol. The zero-order valence-corrected chi connectivity index (χ0v) is 14.8. The van der Waals surface area contributed by atoms with Gasteiger partial charge in [0.25, 0.3) is 0 Å². The third-order valence-corrected chi connectivity index (χ3v) is 3.72. The van der Waals surface area contributed by atoms with Crippen LogP contribution >= 0.6 is 11.6 Å². The van der Waals surface area contributed by atoms with Gasteiger partial charge in [-0.05, 0) is 36.8 Å². The highest BCUT2D eigenvalue weighted by atomic mass is 35.5. The second-order valence-corrected chi connectivity index (χ2v) is 5.80. The van der Waals surface area contributed by atoms with E-state index in [0.717, 1.165) is 5.56 Å². The van der Waals surface area contributed by atoms with Crippen LogP contribution in [-0.2, 0) is 16.1 Å². The van der Waals surface area contributed by atoms with Crippen LogP contribution in [0.5, 0.6) is 0 Å². The topological polar surface area (TPSA) is 67.4 Å². The molecular weight excluding hydrogens is 340 g/mol. The van der Waals surface area contributed by atoms with Crippen molar-refractivity contribution in [2.24, 2.45) is 0 Å². The smallest absolute Gasteiger partial charge is 0.340 e. The summed E-state index contributed by atoms with van der Waals surface area (Å²) in [6.07, 6.45) is 0.296. The summed E-state index contributed by atoms with van der Waals surface area (Å²) >= 11 is 5.84. The fraction of sp³-hybridized carbons (Fsp3) is 0.263. The molecule has 0 radical (unpaired) electrons. The van der Waals surface area contributed by atoms with Crippen molar-refractivity contribution in [2.75, 3.05) is 18.5 Å². The van der Waals surface area contributed by atoms with E-state index in [1.54, 1.807) is 31.2 Å². The largest absolute Gasteiger partial charge is 0.462 e. The van der Waals surface area contributed by atoms with Crippen LogP contribution in [0.1, 0.15) is 29.3 Å². The molecule has 0 saturated carbocycles. The van der Waals surface area contributed by atoms with E-state index < -0.39 is 5.97 Å². The molecule has 1 amide bonds. The van der Waals surface area contributed by atoms with Crippen molar-refractivity contribution in [1.29, 1.82) is 0 Å². The molecule has 0 aromatic heterocycles. The molecule has 0 bridgehead atoms. The molecule has 0 atom stereocenters. The molecule has 0 heterocycles. The van der Waals surface area contributed by atoms with Crippen molar-refractivity contribution < 1.29 is 14.3 Å². The lowest BCUT2D eigenvalue weighted by atomic mass is 10.1. The van der Waals surface area contributed by atoms with Gasteiger partial charge in [-0.2, -0.15) is 0 Å². The first-order chi connectivity index (χ1) is 12.1. The Morgan fingerprint density at radius 3 is 2.52 bits per heavy atom. The summed E-state index contributed by atoms with van der Waals surface area (Å²) in [5.74, 6) is -0.611. The Bertz CT molecular complexity index is 717. The van der Waals surface area contributed by atoms with Crippen LogP contribution in [0.3, 0.4) is 0 Å². The van der Waals surface area contributed by atoms with Gasteiger partial charge in [-0.15, -0.1) is 0 Å². The van der Waals surface area contributed by atoms with Gasteiger partial charge in [-0.1, -0.05) is 35.9 Å². The van der Waals surface area contributed by atoms with E-state index in [2.05, 4.69) is 10.6 Å². The first-order valence-corrected chi connectivity index (χ1v) is 8.49. The second kappa shape index (κ2) is 9.81. The van der Waals surface area contributed by atoms with E-state index in [0.29, 0.717) is 35.8 Å². The van der Waals surface area contributed by atoms with Crippen LogP contribution in [-0.4, -0.2) is 25.0 Å². The first-order valence-electron chi connectivity index (χ1n) is 8.11. The third-order valence-electron chi connectivity index (χ3n) is 3.47. The molecular formula is C19H21ClN2O3. The van der Waals surface area contributed by atoms with Crippen molar-refractivity contribution in [3.63, 3.8) is 0 Å². The lowest BCUT2D eigenvalue weighted by Gasteiger charge is -2.10.